The van der Waals surface area contributed by atoms with E-state index in [9.17, 15) is 9.50 Å². The van der Waals surface area contributed by atoms with Gasteiger partial charge in [-0.25, -0.2) is 4.39 Å². The number of hydrogen-bond acceptors (Lipinski definition) is 1. The predicted molar refractivity (Wildman–Crippen MR) is 48.7 cm³/mol. The van der Waals surface area contributed by atoms with Gasteiger partial charge in [0.25, 0.3) is 0 Å². The smallest absolute Gasteiger partial charge is 0.123 e. The first-order chi connectivity index (χ1) is 6.27. The molecule has 1 N–H and O–H groups in total. The van der Waals surface area contributed by atoms with Crippen LogP contribution >= 0.6 is 0 Å². The SMILES string of the molecule is O[C@H](c1ccc(F)cc1)C1CCC1. The van der Waals surface area contributed by atoms with Crippen LogP contribution in [0.25, 0.3) is 0 Å². The fourth-order valence-electron chi connectivity index (χ4n) is 1.69. The molecular weight excluding hydrogens is 167 g/mol. The topological polar surface area (TPSA) is 20.2 Å². The van der Waals surface area contributed by atoms with E-state index in [1.165, 1.54) is 18.6 Å². The molecule has 1 atom stereocenters. The Kier molecular flexibility index (Phi) is 2.32. The largest absolute Gasteiger partial charge is 0.388 e. The number of aliphatic hydroxyl groups excluding tert-OH is 1. The summed E-state index contributed by atoms with van der Waals surface area (Å²) in [6, 6.07) is 6.13. The number of hydrogen-bond donors (Lipinski definition) is 1. The Morgan fingerprint density at radius 1 is 1.23 bits per heavy atom. The van der Waals surface area contributed by atoms with Crippen LogP contribution in [-0.4, -0.2) is 5.11 Å². The van der Waals surface area contributed by atoms with Gasteiger partial charge in [0.15, 0.2) is 0 Å². The van der Waals surface area contributed by atoms with Crippen LogP contribution in [0.4, 0.5) is 4.39 Å². The Bertz CT molecular complexity index is 277. The van der Waals surface area contributed by atoms with Gasteiger partial charge in [-0.2, -0.15) is 0 Å². The summed E-state index contributed by atoms with van der Waals surface area (Å²) in [5.41, 5.74) is 0.839. The standard InChI is InChI=1S/C11H13FO/c12-10-6-4-9(5-7-10)11(13)8-2-1-3-8/h4-8,11,13H,1-3H2/t11-/m0/s1. The molecule has 1 aromatic carbocycles. The van der Waals surface area contributed by atoms with Gasteiger partial charge in [0, 0.05) is 0 Å². The molecule has 1 nitrogen and oxygen atoms in total. The molecule has 0 aromatic heterocycles. The normalized spacial score (nSPS) is 19.5. The molecule has 1 aliphatic rings. The third kappa shape index (κ3) is 1.73. The first kappa shape index (κ1) is 8.70. The molecule has 1 aliphatic carbocycles. The second kappa shape index (κ2) is 3.46. The highest BCUT2D eigenvalue weighted by Gasteiger charge is 2.26. The Balaban J connectivity index is 2.10. The van der Waals surface area contributed by atoms with Gasteiger partial charge in [0.2, 0.25) is 0 Å². The van der Waals surface area contributed by atoms with Crippen molar-refractivity contribution in [2.24, 2.45) is 5.92 Å². The van der Waals surface area contributed by atoms with Gasteiger partial charge in [0.05, 0.1) is 6.10 Å². The van der Waals surface area contributed by atoms with Crippen LogP contribution in [0.15, 0.2) is 24.3 Å². The zero-order valence-corrected chi connectivity index (χ0v) is 7.41. The van der Waals surface area contributed by atoms with E-state index in [1.807, 2.05) is 0 Å². The molecular formula is C11H13FO. The Hall–Kier alpha value is -0.890. The summed E-state index contributed by atoms with van der Waals surface area (Å²) in [7, 11) is 0. The lowest BCUT2D eigenvalue weighted by molar-refractivity contribution is 0.0620. The van der Waals surface area contributed by atoms with E-state index in [0.29, 0.717) is 5.92 Å². The molecule has 0 bridgehead atoms. The van der Waals surface area contributed by atoms with E-state index < -0.39 is 6.10 Å². The third-order valence-electron chi connectivity index (χ3n) is 2.81. The fourth-order valence-corrected chi connectivity index (χ4v) is 1.69. The lowest BCUT2D eigenvalue weighted by Gasteiger charge is -2.30. The van der Waals surface area contributed by atoms with Gasteiger partial charge in [-0.15, -0.1) is 0 Å². The van der Waals surface area contributed by atoms with Crippen LogP contribution in [-0.2, 0) is 0 Å². The van der Waals surface area contributed by atoms with Crippen LogP contribution in [0.2, 0.25) is 0 Å². The Morgan fingerprint density at radius 3 is 2.31 bits per heavy atom. The van der Waals surface area contributed by atoms with Gasteiger partial charge in [0.1, 0.15) is 5.82 Å². The van der Waals surface area contributed by atoms with E-state index in [-0.39, 0.29) is 5.82 Å². The molecule has 0 aliphatic heterocycles. The molecule has 0 radical (unpaired) electrons. The van der Waals surface area contributed by atoms with Gasteiger partial charge < -0.3 is 5.11 Å². The predicted octanol–water partition coefficient (Wildman–Crippen LogP) is 2.66. The second-order valence-corrected chi connectivity index (χ2v) is 3.69. The maximum absolute atomic E-state index is 12.6. The first-order valence-electron chi connectivity index (χ1n) is 4.71. The summed E-state index contributed by atoms with van der Waals surface area (Å²) in [6.07, 6.45) is 3.01. The monoisotopic (exact) mass is 180 g/mol. The highest BCUT2D eigenvalue weighted by Crippen LogP contribution is 2.37. The maximum Gasteiger partial charge on any atom is 0.123 e. The molecule has 0 amide bonds. The number of halogens is 1. The van der Waals surface area contributed by atoms with Crippen molar-refractivity contribution >= 4 is 0 Å². The molecule has 0 heterocycles. The summed E-state index contributed by atoms with van der Waals surface area (Å²) in [6.45, 7) is 0. The van der Waals surface area contributed by atoms with Crippen molar-refractivity contribution in [3.05, 3.63) is 35.6 Å². The van der Waals surface area contributed by atoms with Crippen LogP contribution in [0, 0.1) is 11.7 Å². The van der Waals surface area contributed by atoms with E-state index in [2.05, 4.69) is 0 Å². The Morgan fingerprint density at radius 2 is 1.85 bits per heavy atom. The number of benzene rings is 1. The van der Waals surface area contributed by atoms with E-state index in [4.69, 9.17) is 0 Å². The molecule has 70 valence electrons. The molecule has 0 spiro atoms. The molecule has 2 heteroatoms. The lowest BCUT2D eigenvalue weighted by Crippen LogP contribution is -2.19. The van der Waals surface area contributed by atoms with Crippen molar-refractivity contribution in [3.8, 4) is 0 Å². The zero-order valence-electron chi connectivity index (χ0n) is 7.41. The summed E-state index contributed by atoms with van der Waals surface area (Å²) in [4.78, 5) is 0. The van der Waals surface area contributed by atoms with Crippen molar-refractivity contribution in [3.63, 3.8) is 0 Å². The quantitative estimate of drug-likeness (QED) is 0.741. The van der Waals surface area contributed by atoms with Crippen molar-refractivity contribution < 1.29 is 9.50 Å². The van der Waals surface area contributed by atoms with E-state index in [0.717, 1.165) is 18.4 Å². The third-order valence-corrected chi connectivity index (χ3v) is 2.81. The Labute approximate surface area is 77.2 Å². The molecule has 13 heavy (non-hydrogen) atoms. The molecule has 1 fully saturated rings. The number of aliphatic hydroxyl groups is 1. The van der Waals surface area contributed by atoms with Crippen molar-refractivity contribution in [1.29, 1.82) is 0 Å². The van der Waals surface area contributed by atoms with Gasteiger partial charge in [-0.05, 0) is 36.5 Å². The van der Waals surface area contributed by atoms with E-state index >= 15 is 0 Å². The van der Waals surface area contributed by atoms with Crippen molar-refractivity contribution in [1.82, 2.24) is 0 Å². The van der Waals surface area contributed by atoms with Gasteiger partial charge in [-0.3, -0.25) is 0 Å². The minimum atomic E-state index is -0.394. The average molecular weight is 180 g/mol. The highest BCUT2D eigenvalue weighted by molar-refractivity contribution is 5.19. The first-order valence-corrected chi connectivity index (χ1v) is 4.71. The minimum absolute atomic E-state index is 0.246. The highest BCUT2D eigenvalue weighted by atomic mass is 19.1. The van der Waals surface area contributed by atoms with Crippen molar-refractivity contribution in [2.75, 3.05) is 0 Å². The average Bonchev–Trinajstić information content (AvgIpc) is 2.02. The van der Waals surface area contributed by atoms with Crippen LogP contribution in [0.5, 0.6) is 0 Å². The summed E-state index contributed by atoms with van der Waals surface area (Å²) >= 11 is 0. The summed E-state index contributed by atoms with van der Waals surface area (Å²) in [5, 5.41) is 9.81. The summed E-state index contributed by atoms with van der Waals surface area (Å²) < 4.78 is 12.6. The summed E-state index contributed by atoms with van der Waals surface area (Å²) in [5.74, 6) is 0.148. The minimum Gasteiger partial charge on any atom is -0.388 e. The van der Waals surface area contributed by atoms with Gasteiger partial charge in [-0.1, -0.05) is 18.6 Å². The molecule has 1 aromatic rings. The molecule has 1 saturated carbocycles. The molecule has 2 rings (SSSR count). The van der Waals surface area contributed by atoms with Crippen LogP contribution < -0.4 is 0 Å². The molecule has 0 unspecified atom stereocenters. The van der Waals surface area contributed by atoms with E-state index in [1.54, 1.807) is 12.1 Å². The van der Waals surface area contributed by atoms with Crippen LogP contribution in [0.3, 0.4) is 0 Å². The lowest BCUT2D eigenvalue weighted by atomic mass is 9.79. The molecule has 0 saturated heterocycles. The number of rotatable bonds is 2. The van der Waals surface area contributed by atoms with Gasteiger partial charge >= 0.3 is 0 Å². The second-order valence-electron chi connectivity index (χ2n) is 3.69. The maximum atomic E-state index is 12.6. The zero-order chi connectivity index (χ0) is 9.26. The van der Waals surface area contributed by atoms with Crippen molar-refractivity contribution in [2.45, 2.75) is 25.4 Å². The fraction of sp³-hybridized carbons (Fsp3) is 0.455. The van der Waals surface area contributed by atoms with Crippen LogP contribution in [0.1, 0.15) is 30.9 Å².